The van der Waals surface area contributed by atoms with Gasteiger partial charge in [0.1, 0.15) is 0 Å². The van der Waals surface area contributed by atoms with Gasteiger partial charge in [0.05, 0.1) is 11.4 Å². The van der Waals surface area contributed by atoms with Gasteiger partial charge in [0.15, 0.2) is 0 Å². The van der Waals surface area contributed by atoms with Gasteiger partial charge in [0, 0.05) is 11.4 Å². The van der Waals surface area contributed by atoms with E-state index in [2.05, 4.69) is 10.2 Å². The standard InChI is InChI=1S/C14H16N4/c1-9-7-11(3-5-13(9)15)17-18-12-4-6-14(16)10(2)8-12/h3-8H,15-16H2,1-2H3/b18-17+. The molecule has 0 radical (unpaired) electrons. The predicted octanol–water partition coefficient (Wildman–Crippen LogP) is 3.88. The van der Waals surface area contributed by atoms with Crippen molar-refractivity contribution in [3.63, 3.8) is 0 Å². The highest BCUT2D eigenvalue weighted by atomic mass is 15.1. The van der Waals surface area contributed by atoms with Gasteiger partial charge in [-0.15, -0.1) is 0 Å². The Morgan fingerprint density at radius 3 is 1.44 bits per heavy atom. The molecule has 0 atom stereocenters. The van der Waals surface area contributed by atoms with E-state index < -0.39 is 0 Å². The number of azo groups is 1. The molecule has 92 valence electrons. The molecular weight excluding hydrogens is 224 g/mol. The molecule has 0 bridgehead atoms. The second kappa shape index (κ2) is 4.87. The van der Waals surface area contributed by atoms with E-state index in [0.29, 0.717) is 0 Å². The van der Waals surface area contributed by atoms with Crippen molar-refractivity contribution in [2.75, 3.05) is 11.5 Å². The summed E-state index contributed by atoms with van der Waals surface area (Å²) >= 11 is 0. The lowest BCUT2D eigenvalue weighted by Gasteiger charge is -2.01. The summed E-state index contributed by atoms with van der Waals surface area (Å²) in [4.78, 5) is 0. The lowest BCUT2D eigenvalue weighted by atomic mass is 10.2. The Morgan fingerprint density at radius 1 is 0.722 bits per heavy atom. The third-order valence-electron chi connectivity index (χ3n) is 2.79. The van der Waals surface area contributed by atoms with Crippen LogP contribution in [-0.2, 0) is 0 Å². The molecule has 0 amide bonds. The summed E-state index contributed by atoms with van der Waals surface area (Å²) in [7, 11) is 0. The van der Waals surface area contributed by atoms with Crippen molar-refractivity contribution >= 4 is 22.7 Å². The van der Waals surface area contributed by atoms with Crippen LogP contribution in [0.5, 0.6) is 0 Å². The number of benzene rings is 2. The van der Waals surface area contributed by atoms with Gasteiger partial charge < -0.3 is 11.5 Å². The van der Waals surface area contributed by atoms with Gasteiger partial charge in [0.2, 0.25) is 0 Å². The average molecular weight is 240 g/mol. The first-order valence-electron chi connectivity index (χ1n) is 5.70. The SMILES string of the molecule is Cc1cc(/N=N/c2ccc(N)c(C)c2)ccc1N. The molecule has 4 nitrogen and oxygen atoms in total. The van der Waals surface area contributed by atoms with Crippen LogP contribution in [0.3, 0.4) is 0 Å². The Hall–Kier alpha value is -2.36. The zero-order valence-corrected chi connectivity index (χ0v) is 10.5. The van der Waals surface area contributed by atoms with Crippen LogP contribution < -0.4 is 11.5 Å². The smallest absolute Gasteiger partial charge is 0.0861 e. The number of nitrogens with zero attached hydrogens (tertiary/aromatic N) is 2. The third-order valence-corrected chi connectivity index (χ3v) is 2.79. The molecule has 0 aliphatic rings. The van der Waals surface area contributed by atoms with Gasteiger partial charge in [-0.1, -0.05) is 0 Å². The Labute approximate surface area is 106 Å². The van der Waals surface area contributed by atoms with E-state index in [1.165, 1.54) is 0 Å². The van der Waals surface area contributed by atoms with Gasteiger partial charge in [-0.05, 0) is 61.4 Å². The molecule has 2 aromatic rings. The lowest BCUT2D eigenvalue weighted by Crippen LogP contribution is -1.87. The van der Waals surface area contributed by atoms with Crippen LogP contribution in [-0.4, -0.2) is 0 Å². The van der Waals surface area contributed by atoms with Gasteiger partial charge in [-0.25, -0.2) is 0 Å². The van der Waals surface area contributed by atoms with Crippen molar-refractivity contribution < 1.29 is 0 Å². The highest BCUT2D eigenvalue weighted by molar-refractivity contribution is 5.56. The van der Waals surface area contributed by atoms with Gasteiger partial charge in [0.25, 0.3) is 0 Å². The Balaban J connectivity index is 2.24. The summed E-state index contributed by atoms with van der Waals surface area (Å²) in [5, 5.41) is 8.36. The van der Waals surface area contributed by atoms with Crippen molar-refractivity contribution in [3.8, 4) is 0 Å². The molecule has 2 aromatic carbocycles. The Kier molecular flexibility index (Phi) is 3.28. The van der Waals surface area contributed by atoms with Crippen LogP contribution in [0.2, 0.25) is 0 Å². The Bertz CT molecular complexity index is 549. The van der Waals surface area contributed by atoms with Crippen molar-refractivity contribution in [3.05, 3.63) is 47.5 Å². The molecule has 2 rings (SSSR count). The van der Waals surface area contributed by atoms with Crippen molar-refractivity contribution in [2.45, 2.75) is 13.8 Å². The number of aryl methyl sites for hydroxylation is 2. The zero-order valence-electron chi connectivity index (χ0n) is 10.5. The molecule has 4 heteroatoms. The molecule has 0 aliphatic carbocycles. The van der Waals surface area contributed by atoms with Crippen LogP contribution in [0.4, 0.5) is 22.7 Å². The third kappa shape index (κ3) is 2.66. The van der Waals surface area contributed by atoms with Crippen LogP contribution in [0.25, 0.3) is 0 Å². The largest absolute Gasteiger partial charge is 0.399 e. The average Bonchev–Trinajstić information content (AvgIpc) is 2.35. The van der Waals surface area contributed by atoms with Crippen LogP contribution in [0, 0.1) is 13.8 Å². The molecule has 0 fully saturated rings. The Morgan fingerprint density at radius 2 is 1.11 bits per heavy atom. The first kappa shape index (κ1) is 12.1. The maximum atomic E-state index is 5.75. The van der Waals surface area contributed by atoms with Gasteiger partial charge >= 0.3 is 0 Å². The van der Waals surface area contributed by atoms with Gasteiger partial charge in [-0.2, -0.15) is 10.2 Å². The first-order valence-corrected chi connectivity index (χ1v) is 5.70. The van der Waals surface area contributed by atoms with Crippen LogP contribution in [0.1, 0.15) is 11.1 Å². The highest BCUT2D eigenvalue weighted by Gasteiger charge is 1.97. The quantitative estimate of drug-likeness (QED) is 0.617. The van der Waals surface area contributed by atoms with E-state index in [1.807, 2.05) is 50.2 Å². The summed E-state index contributed by atoms with van der Waals surface area (Å²) in [5.41, 5.74) is 16.6. The first-order chi connectivity index (χ1) is 8.56. The zero-order chi connectivity index (χ0) is 13.1. The second-order valence-electron chi connectivity index (χ2n) is 4.28. The van der Waals surface area contributed by atoms with E-state index in [4.69, 9.17) is 11.5 Å². The highest BCUT2D eigenvalue weighted by Crippen LogP contribution is 2.24. The number of rotatable bonds is 2. The molecular formula is C14H16N4. The lowest BCUT2D eigenvalue weighted by molar-refractivity contribution is 1.22. The fourth-order valence-corrected chi connectivity index (χ4v) is 1.56. The fraction of sp³-hybridized carbons (Fsp3) is 0.143. The van der Waals surface area contributed by atoms with Crippen LogP contribution >= 0.6 is 0 Å². The summed E-state index contributed by atoms with van der Waals surface area (Å²) in [6.45, 7) is 3.89. The minimum Gasteiger partial charge on any atom is -0.399 e. The molecule has 0 spiro atoms. The molecule has 18 heavy (non-hydrogen) atoms. The monoisotopic (exact) mass is 240 g/mol. The molecule has 0 saturated heterocycles. The molecule has 4 N–H and O–H groups in total. The second-order valence-corrected chi connectivity index (χ2v) is 4.28. The summed E-state index contributed by atoms with van der Waals surface area (Å²) < 4.78 is 0. The van der Waals surface area contributed by atoms with E-state index >= 15 is 0 Å². The summed E-state index contributed by atoms with van der Waals surface area (Å²) in [5.74, 6) is 0. The predicted molar refractivity (Wildman–Crippen MR) is 75.4 cm³/mol. The van der Waals surface area contributed by atoms with E-state index in [1.54, 1.807) is 0 Å². The van der Waals surface area contributed by atoms with E-state index in [9.17, 15) is 0 Å². The summed E-state index contributed by atoms with van der Waals surface area (Å²) in [6, 6.07) is 11.2. The molecule has 0 aromatic heterocycles. The summed E-state index contributed by atoms with van der Waals surface area (Å²) in [6.07, 6.45) is 0. The molecule has 0 saturated carbocycles. The maximum Gasteiger partial charge on any atom is 0.0861 e. The number of nitrogens with two attached hydrogens (primary N) is 2. The normalized spacial score (nSPS) is 11.0. The molecule has 0 unspecified atom stereocenters. The fourth-order valence-electron chi connectivity index (χ4n) is 1.56. The molecule has 0 aliphatic heterocycles. The number of hydrogen-bond acceptors (Lipinski definition) is 4. The minimum absolute atomic E-state index is 0.761. The van der Waals surface area contributed by atoms with E-state index in [-0.39, 0.29) is 0 Å². The van der Waals surface area contributed by atoms with Crippen molar-refractivity contribution in [1.82, 2.24) is 0 Å². The van der Waals surface area contributed by atoms with Gasteiger partial charge in [-0.3, -0.25) is 0 Å². The van der Waals surface area contributed by atoms with Crippen LogP contribution in [0.15, 0.2) is 46.6 Å². The number of hydrogen-bond donors (Lipinski definition) is 2. The number of anilines is 2. The van der Waals surface area contributed by atoms with E-state index in [0.717, 1.165) is 33.9 Å². The topological polar surface area (TPSA) is 76.8 Å². The van der Waals surface area contributed by atoms with Crippen molar-refractivity contribution in [2.24, 2.45) is 10.2 Å². The van der Waals surface area contributed by atoms with Crippen molar-refractivity contribution in [1.29, 1.82) is 0 Å². The minimum atomic E-state index is 0.761. The molecule has 0 heterocycles. The number of nitrogen functional groups attached to an aromatic ring is 2. The maximum absolute atomic E-state index is 5.75.